The van der Waals surface area contributed by atoms with Crippen molar-refractivity contribution >= 4 is 17.0 Å². The van der Waals surface area contributed by atoms with Gasteiger partial charge in [-0.25, -0.2) is 4.68 Å². The van der Waals surface area contributed by atoms with Crippen LogP contribution < -0.4 is 4.80 Å². The van der Waals surface area contributed by atoms with Gasteiger partial charge in [0.15, 0.2) is 0 Å². The molecule has 0 saturated heterocycles. The van der Waals surface area contributed by atoms with Crippen LogP contribution >= 0.6 is 11.3 Å². The van der Waals surface area contributed by atoms with Crippen LogP contribution in [0.5, 0.6) is 0 Å². The molecule has 2 aromatic carbocycles. The second kappa shape index (κ2) is 10.3. The Morgan fingerprint density at radius 1 is 1.00 bits per heavy atom. The van der Waals surface area contributed by atoms with Crippen molar-refractivity contribution in [2.75, 3.05) is 6.54 Å². The lowest BCUT2D eigenvalue weighted by Crippen LogP contribution is -2.15. The average Bonchev–Trinajstić information content (AvgIpc) is 3.21. The van der Waals surface area contributed by atoms with Crippen LogP contribution in [0.3, 0.4) is 0 Å². The summed E-state index contributed by atoms with van der Waals surface area (Å²) in [6.07, 6.45) is 6.76. The summed E-state index contributed by atoms with van der Waals surface area (Å²) in [7, 11) is 0. The Hall–Kier alpha value is -2.72. The molecule has 4 rings (SSSR count). The van der Waals surface area contributed by atoms with E-state index in [4.69, 9.17) is 10.1 Å². The lowest BCUT2D eigenvalue weighted by atomic mass is 9.84. The molecule has 1 aromatic heterocycles. The van der Waals surface area contributed by atoms with E-state index >= 15 is 0 Å². The van der Waals surface area contributed by atoms with Crippen LogP contribution in [-0.4, -0.2) is 16.9 Å². The monoisotopic (exact) mass is 443 g/mol. The smallest absolute Gasteiger partial charge is 0.206 e. The zero-order valence-electron chi connectivity index (χ0n) is 19.5. The summed E-state index contributed by atoms with van der Waals surface area (Å²) in [6, 6.07) is 17.6. The van der Waals surface area contributed by atoms with Crippen LogP contribution in [0.1, 0.15) is 68.6 Å². The summed E-state index contributed by atoms with van der Waals surface area (Å²) < 4.78 is 1.99. The van der Waals surface area contributed by atoms with E-state index in [0.717, 1.165) is 38.8 Å². The van der Waals surface area contributed by atoms with Crippen LogP contribution in [0.2, 0.25) is 0 Å². The summed E-state index contributed by atoms with van der Waals surface area (Å²) in [6.45, 7) is 10.8. The van der Waals surface area contributed by atoms with Gasteiger partial charge in [0.1, 0.15) is 0 Å². The number of aryl methyl sites for hydroxylation is 1. The number of hydrogen-bond donors (Lipinski definition) is 0. The molecule has 1 heterocycles. The fraction of sp³-hybridized carbons (Fsp3) is 0.357. The van der Waals surface area contributed by atoms with Crippen LogP contribution in [0.15, 0.2) is 76.2 Å². The Morgan fingerprint density at radius 2 is 1.69 bits per heavy atom. The van der Waals surface area contributed by atoms with Gasteiger partial charge in [0.25, 0.3) is 0 Å². The maximum atomic E-state index is 5.03. The van der Waals surface area contributed by atoms with Crippen LogP contribution in [0.4, 0.5) is 0 Å². The second-order valence-corrected chi connectivity index (χ2v) is 9.83. The van der Waals surface area contributed by atoms with Crippen LogP contribution in [-0.2, 0) is 0 Å². The number of rotatable bonds is 6. The molecule has 1 saturated carbocycles. The maximum absolute atomic E-state index is 5.03. The van der Waals surface area contributed by atoms with E-state index in [-0.39, 0.29) is 0 Å². The third kappa shape index (κ3) is 5.36. The van der Waals surface area contributed by atoms with Gasteiger partial charge in [-0.1, -0.05) is 85.5 Å². The first-order valence-corrected chi connectivity index (χ1v) is 12.5. The van der Waals surface area contributed by atoms with Gasteiger partial charge in [-0.3, -0.25) is 4.99 Å². The zero-order chi connectivity index (χ0) is 22.5. The standard InChI is InChI=1S/C28H33N3S/c1-20(2)18-29-28-31(27(19-32-28)26-12-10-21(3)11-13-26)30-22(4)23-14-16-25(17-15-23)24-8-6-5-7-9-24/h10-17,19,24H,1,5-9,18H2,2-4H3/b29-28?,30-22+. The number of thiazole rings is 1. The molecule has 0 bridgehead atoms. The largest absolute Gasteiger partial charge is 0.253 e. The van der Waals surface area contributed by atoms with Crippen molar-refractivity contribution in [2.45, 2.75) is 58.8 Å². The SMILES string of the molecule is C=C(C)CN=c1scc(-c2ccc(C)cc2)n1/N=C(\C)c1ccc(C2CCCCC2)cc1. The number of benzene rings is 2. The van der Waals surface area contributed by atoms with Gasteiger partial charge >= 0.3 is 0 Å². The maximum Gasteiger partial charge on any atom is 0.206 e. The molecule has 0 spiro atoms. The van der Waals surface area contributed by atoms with Gasteiger partial charge in [-0.05, 0) is 50.7 Å². The van der Waals surface area contributed by atoms with Crippen molar-refractivity contribution in [2.24, 2.45) is 10.1 Å². The Labute approximate surface area is 195 Å². The molecule has 32 heavy (non-hydrogen) atoms. The predicted molar refractivity (Wildman–Crippen MR) is 138 cm³/mol. The summed E-state index contributed by atoms with van der Waals surface area (Å²) in [5, 5.41) is 7.17. The highest BCUT2D eigenvalue weighted by Crippen LogP contribution is 2.32. The molecule has 0 N–H and O–H groups in total. The fourth-order valence-corrected chi connectivity index (χ4v) is 5.10. The summed E-state index contributed by atoms with van der Waals surface area (Å²) in [4.78, 5) is 5.66. The quantitative estimate of drug-likeness (QED) is 0.282. The van der Waals surface area contributed by atoms with Crippen molar-refractivity contribution in [1.82, 2.24) is 4.68 Å². The van der Waals surface area contributed by atoms with Gasteiger partial charge in [-0.15, -0.1) is 11.3 Å². The molecule has 0 unspecified atom stereocenters. The van der Waals surface area contributed by atoms with Gasteiger partial charge in [0.2, 0.25) is 4.80 Å². The van der Waals surface area contributed by atoms with Gasteiger partial charge < -0.3 is 0 Å². The predicted octanol–water partition coefficient (Wildman–Crippen LogP) is 7.32. The summed E-state index contributed by atoms with van der Waals surface area (Å²) in [5.41, 5.74) is 8.12. The molecule has 1 aliphatic carbocycles. The summed E-state index contributed by atoms with van der Waals surface area (Å²) in [5.74, 6) is 0.724. The highest BCUT2D eigenvalue weighted by molar-refractivity contribution is 7.07. The van der Waals surface area contributed by atoms with Gasteiger partial charge in [0, 0.05) is 10.9 Å². The van der Waals surface area contributed by atoms with Crippen molar-refractivity contribution in [1.29, 1.82) is 0 Å². The van der Waals surface area contributed by atoms with Gasteiger partial charge in [-0.2, -0.15) is 5.10 Å². The third-order valence-corrected chi connectivity index (χ3v) is 7.03. The molecule has 3 aromatic rings. The first-order chi connectivity index (χ1) is 15.5. The number of hydrogen-bond acceptors (Lipinski definition) is 3. The lowest BCUT2D eigenvalue weighted by Gasteiger charge is -2.22. The van der Waals surface area contributed by atoms with E-state index in [1.165, 1.54) is 43.2 Å². The Kier molecular flexibility index (Phi) is 7.21. The van der Waals surface area contributed by atoms with Crippen molar-refractivity contribution in [3.8, 4) is 11.3 Å². The Balaban J connectivity index is 1.69. The van der Waals surface area contributed by atoms with E-state index in [0.29, 0.717) is 6.54 Å². The second-order valence-electron chi connectivity index (χ2n) is 9.00. The van der Waals surface area contributed by atoms with Crippen LogP contribution in [0.25, 0.3) is 11.3 Å². The van der Waals surface area contributed by atoms with Crippen molar-refractivity contribution < 1.29 is 0 Å². The van der Waals surface area contributed by atoms with Crippen molar-refractivity contribution in [3.63, 3.8) is 0 Å². The molecule has 0 amide bonds. The fourth-order valence-electron chi connectivity index (χ4n) is 4.27. The molecule has 1 aliphatic rings. The zero-order valence-corrected chi connectivity index (χ0v) is 20.3. The molecular formula is C28H33N3S. The minimum absolute atomic E-state index is 0.610. The van der Waals surface area contributed by atoms with E-state index in [2.05, 4.69) is 74.3 Å². The molecule has 4 heteroatoms. The van der Waals surface area contributed by atoms with Gasteiger partial charge in [0.05, 0.1) is 18.0 Å². The molecule has 166 valence electrons. The van der Waals surface area contributed by atoms with E-state index in [1.54, 1.807) is 11.3 Å². The minimum atomic E-state index is 0.610. The van der Waals surface area contributed by atoms with E-state index < -0.39 is 0 Å². The first kappa shape index (κ1) is 22.5. The van der Waals surface area contributed by atoms with E-state index in [1.807, 2.05) is 11.6 Å². The average molecular weight is 444 g/mol. The molecule has 3 nitrogen and oxygen atoms in total. The van der Waals surface area contributed by atoms with Crippen LogP contribution in [0, 0.1) is 6.92 Å². The van der Waals surface area contributed by atoms with Crippen molar-refractivity contribution in [3.05, 3.63) is 87.6 Å². The van der Waals surface area contributed by atoms with E-state index in [9.17, 15) is 0 Å². The Bertz CT molecular complexity index is 1150. The normalized spacial score (nSPS) is 15.8. The Morgan fingerprint density at radius 3 is 2.34 bits per heavy atom. The minimum Gasteiger partial charge on any atom is -0.253 e. The molecular weight excluding hydrogens is 410 g/mol. The number of nitrogens with zero attached hydrogens (tertiary/aromatic N) is 3. The molecule has 0 radical (unpaired) electrons. The topological polar surface area (TPSA) is 29.6 Å². The first-order valence-electron chi connectivity index (χ1n) is 11.6. The molecule has 0 aliphatic heterocycles. The third-order valence-electron chi connectivity index (χ3n) is 6.17. The molecule has 1 fully saturated rings. The lowest BCUT2D eigenvalue weighted by molar-refractivity contribution is 0.443. The summed E-state index contributed by atoms with van der Waals surface area (Å²) >= 11 is 1.62. The molecule has 0 atom stereocenters. The highest BCUT2D eigenvalue weighted by Gasteiger charge is 2.15. The highest BCUT2D eigenvalue weighted by atomic mass is 32.1. The number of aromatic nitrogens is 1.